The Bertz CT molecular complexity index is 781. The molecule has 0 aromatic heterocycles. The highest BCUT2D eigenvalue weighted by atomic mass is 16.5. The van der Waals surface area contributed by atoms with Crippen molar-refractivity contribution in [2.24, 2.45) is 0 Å². The number of nitrogens with one attached hydrogen (secondary N) is 2. The number of hydrogen-bond acceptors (Lipinski definition) is 4. The molecule has 122 valence electrons. The minimum Gasteiger partial charge on any atom is -0.496 e. The molecule has 0 unspecified atom stereocenters. The number of benzene rings is 2. The van der Waals surface area contributed by atoms with Gasteiger partial charge >= 0.3 is 0 Å². The number of para-hydroxylation sites is 1. The maximum Gasteiger partial charge on any atom is 0.259 e. The second kappa shape index (κ2) is 8.34. The molecule has 0 bridgehead atoms. The van der Waals surface area contributed by atoms with E-state index in [4.69, 9.17) is 10.00 Å². The summed E-state index contributed by atoms with van der Waals surface area (Å²) in [4.78, 5) is 23.7. The Morgan fingerprint density at radius 3 is 2.71 bits per heavy atom. The first kappa shape index (κ1) is 17.0. The van der Waals surface area contributed by atoms with Crippen LogP contribution in [-0.4, -0.2) is 18.9 Å². The minimum atomic E-state index is -0.332. The van der Waals surface area contributed by atoms with E-state index >= 15 is 0 Å². The van der Waals surface area contributed by atoms with E-state index in [2.05, 4.69) is 10.6 Å². The molecule has 6 nitrogen and oxygen atoms in total. The van der Waals surface area contributed by atoms with Crippen LogP contribution in [0.5, 0.6) is 5.75 Å². The van der Waals surface area contributed by atoms with Crippen molar-refractivity contribution in [3.8, 4) is 11.8 Å². The Hall–Kier alpha value is -3.33. The van der Waals surface area contributed by atoms with Gasteiger partial charge in [-0.25, -0.2) is 0 Å². The zero-order valence-corrected chi connectivity index (χ0v) is 13.2. The summed E-state index contributed by atoms with van der Waals surface area (Å²) in [5.41, 5.74) is 1.87. The van der Waals surface area contributed by atoms with Gasteiger partial charge in [-0.2, -0.15) is 5.26 Å². The van der Waals surface area contributed by atoms with Gasteiger partial charge in [0.25, 0.3) is 5.91 Å². The van der Waals surface area contributed by atoms with Gasteiger partial charge in [0.05, 0.1) is 18.7 Å². The van der Waals surface area contributed by atoms with Crippen molar-refractivity contribution in [2.75, 3.05) is 12.4 Å². The van der Waals surface area contributed by atoms with Crippen molar-refractivity contribution >= 4 is 17.5 Å². The topological polar surface area (TPSA) is 91.2 Å². The summed E-state index contributed by atoms with van der Waals surface area (Å²) in [7, 11) is 1.51. The van der Waals surface area contributed by atoms with Crippen molar-refractivity contribution in [3.05, 3.63) is 59.7 Å². The van der Waals surface area contributed by atoms with E-state index in [0.29, 0.717) is 23.5 Å². The molecule has 0 aliphatic heterocycles. The van der Waals surface area contributed by atoms with Crippen LogP contribution in [0.2, 0.25) is 0 Å². The summed E-state index contributed by atoms with van der Waals surface area (Å²) in [5, 5.41) is 13.9. The van der Waals surface area contributed by atoms with Crippen molar-refractivity contribution < 1.29 is 14.3 Å². The number of ether oxygens (including phenoxy) is 1. The van der Waals surface area contributed by atoms with Crippen LogP contribution >= 0.6 is 0 Å². The van der Waals surface area contributed by atoms with Crippen LogP contribution in [0.25, 0.3) is 0 Å². The van der Waals surface area contributed by atoms with Crippen LogP contribution in [0, 0.1) is 11.3 Å². The third-order valence-corrected chi connectivity index (χ3v) is 3.27. The monoisotopic (exact) mass is 323 g/mol. The number of rotatable bonds is 6. The van der Waals surface area contributed by atoms with Gasteiger partial charge in [-0.3, -0.25) is 9.59 Å². The van der Waals surface area contributed by atoms with Crippen LogP contribution in [0.1, 0.15) is 22.3 Å². The Morgan fingerprint density at radius 2 is 1.96 bits per heavy atom. The molecule has 0 saturated heterocycles. The molecular formula is C18H17N3O3. The summed E-state index contributed by atoms with van der Waals surface area (Å²) in [5.74, 6) is -0.117. The van der Waals surface area contributed by atoms with Gasteiger partial charge in [0.2, 0.25) is 5.91 Å². The zero-order valence-electron chi connectivity index (χ0n) is 13.2. The third-order valence-electron chi connectivity index (χ3n) is 3.27. The average molecular weight is 323 g/mol. The lowest BCUT2D eigenvalue weighted by molar-refractivity contribution is -0.120. The van der Waals surface area contributed by atoms with Gasteiger partial charge in [0.15, 0.2) is 0 Å². The normalized spacial score (nSPS) is 9.67. The molecule has 0 fully saturated rings. The summed E-state index contributed by atoms with van der Waals surface area (Å²) in [6, 6.07) is 15.9. The molecule has 0 saturated carbocycles. The molecule has 0 spiro atoms. The summed E-state index contributed by atoms with van der Waals surface area (Å²) >= 11 is 0. The molecule has 0 aliphatic carbocycles. The van der Waals surface area contributed by atoms with E-state index in [1.54, 1.807) is 48.5 Å². The first-order valence-corrected chi connectivity index (χ1v) is 7.31. The molecule has 0 aliphatic rings. The van der Waals surface area contributed by atoms with E-state index < -0.39 is 0 Å². The second-order valence-corrected chi connectivity index (χ2v) is 4.97. The number of methoxy groups -OCH3 is 1. The Kier molecular flexibility index (Phi) is 5.92. The number of carbonyl (C=O) groups is 2. The Morgan fingerprint density at radius 1 is 1.17 bits per heavy atom. The molecule has 24 heavy (non-hydrogen) atoms. The van der Waals surface area contributed by atoms with E-state index in [0.717, 1.165) is 5.56 Å². The first-order chi connectivity index (χ1) is 11.6. The van der Waals surface area contributed by atoms with E-state index in [9.17, 15) is 9.59 Å². The minimum absolute atomic E-state index is 0.176. The highest BCUT2D eigenvalue weighted by Crippen LogP contribution is 2.19. The average Bonchev–Trinajstić information content (AvgIpc) is 2.60. The van der Waals surface area contributed by atoms with Gasteiger partial charge in [0, 0.05) is 12.2 Å². The number of nitrogens with zero attached hydrogens (tertiary/aromatic N) is 1. The van der Waals surface area contributed by atoms with E-state index in [1.165, 1.54) is 7.11 Å². The largest absolute Gasteiger partial charge is 0.496 e. The smallest absolute Gasteiger partial charge is 0.259 e. The summed E-state index contributed by atoms with van der Waals surface area (Å²) < 4.78 is 5.18. The standard InChI is InChI=1S/C18H17N3O3/c1-24-16-8-3-2-7-15(16)18(23)21-14-6-4-5-13(11-14)12-20-17(22)9-10-19/h2-8,11H,9,12H2,1H3,(H,20,22)(H,21,23). The lowest BCUT2D eigenvalue weighted by Gasteiger charge is -2.10. The maximum absolute atomic E-state index is 12.4. The van der Waals surface area contributed by atoms with Gasteiger partial charge < -0.3 is 15.4 Å². The number of amides is 2. The van der Waals surface area contributed by atoms with Crippen LogP contribution in [0.3, 0.4) is 0 Å². The summed E-state index contributed by atoms with van der Waals surface area (Å²) in [6.45, 7) is 0.291. The van der Waals surface area contributed by atoms with Crippen LogP contribution in [-0.2, 0) is 11.3 Å². The predicted octanol–water partition coefficient (Wildman–Crippen LogP) is 2.48. The van der Waals surface area contributed by atoms with Gasteiger partial charge in [-0.1, -0.05) is 24.3 Å². The molecule has 2 amide bonds. The molecule has 0 atom stereocenters. The Balaban J connectivity index is 2.05. The van der Waals surface area contributed by atoms with E-state index in [1.807, 2.05) is 6.07 Å². The van der Waals surface area contributed by atoms with Crippen LogP contribution < -0.4 is 15.4 Å². The fraction of sp³-hybridized carbons (Fsp3) is 0.167. The van der Waals surface area contributed by atoms with Gasteiger partial charge in [-0.15, -0.1) is 0 Å². The molecule has 0 heterocycles. The first-order valence-electron chi connectivity index (χ1n) is 7.31. The highest BCUT2D eigenvalue weighted by molar-refractivity contribution is 6.06. The highest BCUT2D eigenvalue weighted by Gasteiger charge is 2.11. The third kappa shape index (κ3) is 4.58. The van der Waals surface area contributed by atoms with Crippen molar-refractivity contribution in [3.63, 3.8) is 0 Å². The molecule has 2 rings (SSSR count). The SMILES string of the molecule is COc1ccccc1C(=O)Nc1cccc(CNC(=O)CC#N)c1. The number of anilines is 1. The molecule has 2 N–H and O–H groups in total. The predicted molar refractivity (Wildman–Crippen MR) is 89.5 cm³/mol. The van der Waals surface area contributed by atoms with Gasteiger partial charge in [0.1, 0.15) is 12.2 Å². The molecule has 0 radical (unpaired) electrons. The fourth-order valence-corrected chi connectivity index (χ4v) is 2.12. The maximum atomic E-state index is 12.4. The van der Waals surface area contributed by atoms with Crippen LogP contribution in [0.4, 0.5) is 5.69 Å². The second-order valence-electron chi connectivity index (χ2n) is 4.97. The van der Waals surface area contributed by atoms with Crippen molar-refractivity contribution in [1.29, 1.82) is 5.26 Å². The summed E-state index contributed by atoms with van der Waals surface area (Å²) in [6.07, 6.45) is -0.176. The molecule has 2 aromatic carbocycles. The Labute approximate surface area is 140 Å². The van der Waals surface area contributed by atoms with Gasteiger partial charge in [-0.05, 0) is 29.8 Å². The zero-order chi connectivity index (χ0) is 17.4. The van der Waals surface area contributed by atoms with E-state index in [-0.39, 0.29) is 18.2 Å². The lowest BCUT2D eigenvalue weighted by Crippen LogP contribution is -2.22. The molecule has 2 aromatic rings. The number of nitriles is 1. The van der Waals surface area contributed by atoms with Crippen molar-refractivity contribution in [1.82, 2.24) is 5.32 Å². The fourth-order valence-electron chi connectivity index (χ4n) is 2.12. The molecule has 6 heteroatoms. The van der Waals surface area contributed by atoms with Crippen molar-refractivity contribution in [2.45, 2.75) is 13.0 Å². The quantitative estimate of drug-likeness (QED) is 0.854. The lowest BCUT2D eigenvalue weighted by atomic mass is 10.1. The van der Waals surface area contributed by atoms with Crippen LogP contribution in [0.15, 0.2) is 48.5 Å². The number of hydrogen-bond donors (Lipinski definition) is 2. The number of carbonyl (C=O) groups excluding carboxylic acids is 2. The molecular weight excluding hydrogens is 306 g/mol.